The van der Waals surface area contributed by atoms with E-state index in [1.807, 2.05) is 25.3 Å². The first-order chi connectivity index (χ1) is 15.8. The normalized spacial score (nSPS) is 10.9. The monoisotopic (exact) mass is 504 g/mol. The summed E-state index contributed by atoms with van der Waals surface area (Å²) in [6.45, 7) is 10.7. The maximum absolute atomic E-state index is 12.6. The highest BCUT2D eigenvalue weighted by atomic mass is 32.2. The summed E-state index contributed by atoms with van der Waals surface area (Å²) < 4.78 is 7.19. The number of aromatic nitrogens is 3. The van der Waals surface area contributed by atoms with Crippen LogP contribution in [0.1, 0.15) is 46.0 Å². The zero-order chi connectivity index (χ0) is 24.0. The summed E-state index contributed by atoms with van der Waals surface area (Å²) >= 11 is 4.43. The Morgan fingerprint density at radius 2 is 1.82 bits per heavy atom. The average molecular weight is 505 g/mol. The van der Waals surface area contributed by atoms with Crippen molar-refractivity contribution in [1.82, 2.24) is 14.8 Å². The number of hydrogen-bond donors (Lipinski definition) is 1. The van der Waals surface area contributed by atoms with Crippen molar-refractivity contribution >= 4 is 51.7 Å². The number of esters is 1. The Balaban J connectivity index is 1.62. The molecule has 0 aliphatic carbocycles. The highest BCUT2D eigenvalue weighted by Crippen LogP contribution is 2.33. The topological polar surface area (TPSA) is 86.1 Å². The smallest absolute Gasteiger partial charge is 0.341 e. The highest BCUT2D eigenvalue weighted by molar-refractivity contribution is 7.99. The van der Waals surface area contributed by atoms with Gasteiger partial charge >= 0.3 is 5.97 Å². The van der Waals surface area contributed by atoms with Gasteiger partial charge in [0.25, 0.3) is 0 Å². The van der Waals surface area contributed by atoms with E-state index in [4.69, 9.17) is 4.74 Å². The number of amides is 1. The summed E-state index contributed by atoms with van der Waals surface area (Å²) in [4.78, 5) is 27.1. The third-order valence-electron chi connectivity index (χ3n) is 4.95. The quantitative estimate of drug-likeness (QED) is 0.289. The van der Waals surface area contributed by atoms with Crippen molar-refractivity contribution in [3.63, 3.8) is 0 Å². The van der Waals surface area contributed by atoms with Gasteiger partial charge in [-0.3, -0.25) is 4.79 Å². The largest absolute Gasteiger partial charge is 0.462 e. The lowest BCUT2D eigenvalue weighted by atomic mass is 10.1. The molecule has 176 valence electrons. The van der Waals surface area contributed by atoms with Gasteiger partial charge in [0.15, 0.2) is 5.16 Å². The molecule has 2 heterocycles. The number of carbonyl (C=O) groups excluding carboxylic acids is 2. The van der Waals surface area contributed by atoms with Crippen LogP contribution in [0.25, 0.3) is 0 Å². The fourth-order valence-electron chi connectivity index (χ4n) is 3.09. The summed E-state index contributed by atoms with van der Waals surface area (Å²) in [6.07, 6.45) is 0. The van der Waals surface area contributed by atoms with E-state index >= 15 is 0 Å². The van der Waals surface area contributed by atoms with Gasteiger partial charge < -0.3 is 14.6 Å². The molecule has 1 aromatic carbocycles. The van der Waals surface area contributed by atoms with Crippen LogP contribution in [0.15, 0.2) is 34.3 Å². The molecule has 0 spiro atoms. The van der Waals surface area contributed by atoms with Crippen molar-refractivity contribution in [2.45, 2.75) is 57.0 Å². The molecule has 0 atom stereocenters. The lowest BCUT2D eigenvalue weighted by molar-refractivity contribution is -0.113. The van der Waals surface area contributed by atoms with Crippen LogP contribution in [0.2, 0.25) is 0 Å². The van der Waals surface area contributed by atoms with Gasteiger partial charge in [-0.1, -0.05) is 29.5 Å². The molecule has 0 fully saturated rings. The van der Waals surface area contributed by atoms with E-state index in [0.717, 1.165) is 22.8 Å². The third-order valence-corrected chi connectivity index (χ3v) is 8.05. The molecule has 0 saturated heterocycles. The van der Waals surface area contributed by atoms with Crippen molar-refractivity contribution in [1.29, 1.82) is 0 Å². The first kappa shape index (κ1) is 25.3. The third kappa shape index (κ3) is 6.39. The Morgan fingerprint density at radius 3 is 2.48 bits per heavy atom. The molecule has 0 aliphatic heterocycles. The molecule has 7 nitrogen and oxygen atoms in total. The number of rotatable bonds is 10. The fraction of sp³-hybridized carbons (Fsp3) is 0.391. The van der Waals surface area contributed by atoms with Crippen LogP contribution >= 0.6 is 34.9 Å². The van der Waals surface area contributed by atoms with Crippen molar-refractivity contribution in [3.8, 4) is 0 Å². The molecule has 0 saturated carbocycles. The first-order valence-corrected chi connectivity index (χ1v) is 13.4. The van der Waals surface area contributed by atoms with Gasteiger partial charge in [0.2, 0.25) is 5.91 Å². The Kier molecular flexibility index (Phi) is 8.99. The predicted octanol–water partition coefficient (Wildman–Crippen LogP) is 5.48. The van der Waals surface area contributed by atoms with Gasteiger partial charge in [0.05, 0.1) is 23.7 Å². The number of nitrogens with zero attached hydrogens (tertiary/aromatic N) is 3. The van der Waals surface area contributed by atoms with E-state index in [2.05, 4.69) is 46.7 Å². The van der Waals surface area contributed by atoms with Crippen LogP contribution in [0.5, 0.6) is 0 Å². The Labute approximate surface area is 206 Å². The summed E-state index contributed by atoms with van der Waals surface area (Å²) in [5.41, 5.74) is 2.50. The van der Waals surface area contributed by atoms with Crippen molar-refractivity contribution in [3.05, 3.63) is 51.7 Å². The molecule has 3 aromatic rings. The second kappa shape index (κ2) is 11.7. The SMILES string of the molecule is CCOC(=O)c1c(NC(=O)CSc2nnc(CSc3ccc(C)cc3)n2CC)sc(C)c1C. The zero-order valence-electron chi connectivity index (χ0n) is 19.4. The fourth-order valence-corrected chi connectivity index (χ4v) is 5.81. The second-order valence-electron chi connectivity index (χ2n) is 7.29. The maximum atomic E-state index is 12.6. The molecular formula is C23H28N4O3S3. The number of carbonyl (C=O) groups is 2. The Morgan fingerprint density at radius 1 is 1.09 bits per heavy atom. The van der Waals surface area contributed by atoms with Gasteiger partial charge in [-0.2, -0.15) is 0 Å². The van der Waals surface area contributed by atoms with Crippen LogP contribution < -0.4 is 5.32 Å². The van der Waals surface area contributed by atoms with Crippen molar-refractivity contribution < 1.29 is 14.3 Å². The molecule has 0 bridgehead atoms. The molecule has 0 unspecified atom stereocenters. The minimum atomic E-state index is -0.413. The molecule has 10 heteroatoms. The maximum Gasteiger partial charge on any atom is 0.341 e. The van der Waals surface area contributed by atoms with E-state index in [1.54, 1.807) is 18.7 Å². The molecule has 1 amide bonds. The van der Waals surface area contributed by atoms with Gasteiger partial charge in [-0.25, -0.2) is 4.79 Å². The number of thiophene rings is 1. The van der Waals surface area contributed by atoms with Crippen LogP contribution in [-0.4, -0.2) is 39.0 Å². The van der Waals surface area contributed by atoms with E-state index in [-0.39, 0.29) is 18.3 Å². The zero-order valence-corrected chi connectivity index (χ0v) is 21.9. The van der Waals surface area contributed by atoms with E-state index in [9.17, 15) is 9.59 Å². The van der Waals surface area contributed by atoms with Crippen LogP contribution in [0, 0.1) is 20.8 Å². The number of hydrogen-bond acceptors (Lipinski definition) is 8. The van der Waals surface area contributed by atoms with Crippen LogP contribution in [-0.2, 0) is 21.8 Å². The van der Waals surface area contributed by atoms with E-state index in [0.29, 0.717) is 21.5 Å². The van der Waals surface area contributed by atoms with E-state index < -0.39 is 5.97 Å². The molecule has 33 heavy (non-hydrogen) atoms. The Bertz CT molecular complexity index is 1120. The molecule has 1 N–H and O–H groups in total. The number of nitrogens with one attached hydrogen (secondary N) is 1. The first-order valence-electron chi connectivity index (χ1n) is 10.6. The predicted molar refractivity (Wildman–Crippen MR) is 136 cm³/mol. The molecule has 2 aromatic heterocycles. The summed E-state index contributed by atoms with van der Waals surface area (Å²) in [6, 6.07) is 8.39. The summed E-state index contributed by atoms with van der Waals surface area (Å²) in [7, 11) is 0. The molecule has 0 aliphatic rings. The van der Waals surface area contributed by atoms with Gasteiger partial charge in [-0.15, -0.1) is 33.3 Å². The number of benzene rings is 1. The lowest BCUT2D eigenvalue weighted by Crippen LogP contribution is -2.17. The average Bonchev–Trinajstić information content (AvgIpc) is 3.31. The number of thioether (sulfide) groups is 2. The molecular weight excluding hydrogens is 476 g/mol. The number of anilines is 1. The summed E-state index contributed by atoms with van der Waals surface area (Å²) in [5, 5.41) is 12.7. The van der Waals surface area contributed by atoms with Crippen molar-refractivity contribution in [2.75, 3.05) is 17.7 Å². The standard InChI is InChI=1S/C23H28N4O3S3/c1-6-27-18(12-31-17-10-8-14(3)9-11-17)25-26-23(27)32-13-19(28)24-21-20(22(29)30-7-2)15(4)16(5)33-21/h8-11H,6-7,12-13H2,1-5H3,(H,24,28). The minimum Gasteiger partial charge on any atom is -0.462 e. The summed E-state index contributed by atoms with van der Waals surface area (Å²) in [5.74, 6) is 1.13. The van der Waals surface area contributed by atoms with Gasteiger partial charge in [-0.05, 0) is 52.3 Å². The highest BCUT2D eigenvalue weighted by Gasteiger charge is 2.22. The number of aryl methyl sites for hydroxylation is 2. The van der Waals surface area contributed by atoms with Crippen LogP contribution in [0.4, 0.5) is 5.00 Å². The minimum absolute atomic E-state index is 0.168. The van der Waals surface area contributed by atoms with Gasteiger partial charge in [0.1, 0.15) is 10.8 Å². The number of ether oxygens (including phenoxy) is 1. The second-order valence-corrected chi connectivity index (χ2v) is 10.5. The van der Waals surface area contributed by atoms with Crippen LogP contribution in [0.3, 0.4) is 0 Å². The van der Waals surface area contributed by atoms with Gasteiger partial charge in [0, 0.05) is 16.3 Å². The molecule has 3 rings (SSSR count). The lowest BCUT2D eigenvalue weighted by Gasteiger charge is -2.08. The Hall–Kier alpha value is -2.30. The van der Waals surface area contributed by atoms with E-state index in [1.165, 1.54) is 33.6 Å². The molecule has 0 radical (unpaired) electrons. The van der Waals surface area contributed by atoms with Crippen molar-refractivity contribution in [2.24, 2.45) is 0 Å².